The van der Waals surface area contributed by atoms with Gasteiger partial charge in [0.2, 0.25) is 10.0 Å². The maximum Gasteiger partial charge on any atom is 0.258 e. The van der Waals surface area contributed by atoms with Gasteiger partial charge >= 0.3 is 0 Å². The maximum atomic E-state index is 13.0. The molecular formula is C19H22N2O5S. The molecule has 144 valence electrons. The van der Waals surface area contributed by atoms with Gasteiger partial charge in [-0.1, -0.05) is 0 Å². The van der Waals surface area contributed by atoms with E-state index in [-0.39, 0.29) is 10.8 Å². The highest BCUT2D eigenvalue weighted by molar-refractivity contribution is 7.89. The van der Waals surface area contributed by atoms with Crippen molar-refractivity contribution in [1.82, 2.24) is 4.31 Å². The first-order valence-corrected chi connectivity index (χ1v) is 9.90. The van der Waals surface area contributed by atoms with Crippen LogP contribution in [0.4, 0.5) is 5.69 Å². The Morgan fingerprint density at radius 2 is 1.85 bits per heavy atom. The molecule has 2 aromatic carbocycles. The fourth-order valence-corrected chi connectivity index (χ4v) is 3.95. The fraction of sp³-hybridized carbons (Fsp3) is 0.316. The summed E-state index contributed by atoms with van der Waals surface area (Å²) in [6.07, 6.45) is -0.245. The van der Waals surface area contributed by atoms with Gasteiger partial charge in [0.25, 0.3) is 5.91 Å². The summed E-state index contributed by atoms with van der Waals surface area (Å²) >= 11 is 0. The number of carbonyl (C=O) groups excluding carboxylic acids is 1. The van der Waals surface area contributed by atoms with Crippen molar-refractivity contribution in [3.05, 3.63) is 53.6 Å². The van der Waals surface area contributed by atoms with Crippen LogP contribution in [0.2, 0.25) is 0 Å². The van der Waals surface area contributed by atoms with Crippen LogP contribution in [0.25, 0.3) is 0 Å². The van der Waals surface area contributed by atoms with E-state index in [1.54, 1.807) is 30.2 Å². The Morgan fingerprint density at radius 3 is 2.44 bits per heavy atom. The number of ether oxygens (including phenoxy) is 1. The SMILES string of the molecule is COc1ccc2c(c1)C(O)CCN2C(=O)c1ccc(S(=O)(=O)N(C)C)cc1. The number of methoxy groups -OCH3 is 1. The third-order valence-corrected chi connectivity index (χ3v) is 6.46. The molecule has 0 saturated carbocycles. The highest BCUT2D eigenvalue weighted by Crippen LogP contribution is 2.37. The lowest BCUT2D eigenvalue weighted by molar-refractivity contribution is 0.0970. The molecule has 3 rings (SSSR count). The van der Waals surface area contributed by atoms with E-state index in [2.05, 4.69) is 0 Å². The molecule has 1 atom stereocenters. The van der Waals surface area contributed by atoms with Gasteiger partial charge in [-0.15, -0.1) is 0 Å². The molecule has 1 aliphatic rings. The minimum absolute atomic E-state index is 0.128. The average molecular weight is 390 g/mol. The summed E-state index contributed by atoms with van der Waals surface area (Å²) in [5.41, 5.74) is 1.65. The molecule has 0 aliphatic carbocycles. The molecule has 1 heterocycles. The van der Waals surface area contributed by atoms with E-state index < -0.39 is 16.1 Å². The first kappa shape index (κ1) is 19.3. The number of nitrogens with zero attached hydrogens (tertiary/aromatic N) is 2. The van der Waals surface area contributed by atoms with E-state index >= 15 is 0 Å². The Bertz CT molecular complexity index is 955. The van der Waals surface area contributed by atoms with Crippen molar-refractivity contribution in [2.24, 2.45) is 0 Å². The summed E-state index contributed by atoms with van der Waals surface area (Å²) in [6.45, 7) is 0.372. The summed E-state index contributed by atoms with van der Waals surface area (Å²) in [6, 6.07) is 11.1. The Morgan fingerprint density at radius 1 is 1.19 bits per heavy atom. The number of rotatable bonds is 4. The molecule has 8 heteroatoms. The number of carbonyl (C=O) groups is 1. The summed E-state index contributed by atoms with van der Waals surface area (Å²) in [5, 5.41) is 10.3. The zero-order valence-corrected chi connectivity index (χ0v) is 16.2. The quantitative estimate of drug-likeness (QED) is 0.863. The van der Waals surface area contributed by atoms with E-state index in [4.69, 9.17) is 4.74 Å². The van der Waals surface area contributed by atoms with Crippen LogP contribution in [0, 0.1) is 0 Å². The standard InChI is InChI=1S/C19H22N2O5S/c1-20(2)27(24,25)15-7-4-13(5-8-15)19(23)21-11-10-18(22)16-12-14(26-3)6-9-17(16)21/h4-9,12,18,22H,10-11H2,1-3H3. The third kappa shape index (κ3) is 3.55. The minimum Gasteiger partial charge on any atom is -0.497 e. The Kier molecular flexibility index (Phi) is 5.23. The van der Waals surface area contributed by atoms with Crippen molar-refractivity contribution in [1.29, 1.82) is 0 Å². The van der Waals surface area contributed by atoms with Gasteiger partial charge < -0.3 is 14.7 Å². The minimum atomic E-state index is -3.55. The number of hydrogen-bond acceptors (Lipinski definition) is 5. The predicted octanol–water partition coefficient (Wildman–Crippen LogP) is 2.03. The van der Waals surface area contributed by atoms with E-state index in [0.717, 1.165) is 4.31 Å². The molecule has 0 fully saturated rings. The molecule has 1 amide bonds. The topological polar surface area (TPSA) is 87.1 Å². The zero-order chi connectivity index (χ0) is 19.8. The maximum absolute atomic E-state index is 13.0. The molecule has 1 unspecified atom stereocenters. The summed E-state index contributed by atoms with van der Waals surface area (Å²) in [5.74, 6) is 0.363. The highest BCUT2D eigenvalue weighted by Gasteiger charge is 2.29. The van der Waals surface area contributed by atoms with Crippen molar-refractivity contribution >= 4 is 21.6 Å². The lowest BCUT2D eigenvalue weighted by atomic mass is 9.97. The van der Waals surface area contributed by atoms with E-state index in [0.29, 0.717) is 35.5 Å². The Hall–Kier alpha value is -2.42. The van der Waals surface area contributed by atoms with Crippen LogP contribution in [-0.4, -0.2) is 51.5 Å². The molecular weight excluding hydrogens is 368 g/mol. The number of sulfonamides is 1. The molecule has 0 saturated heterocycles. The van der Waals surface area contributed by atoms with Gasteiger partial charge in [-0.25, -0.2) is 12.7 Å². The first-order chi connectivity index (χ1) is 12.8. The van der Waals surface area contributed by atoms with Gasteiger partial charge in [-0.3, -0.25) is 4.79 Å². The molecule has 2 aromatic rings. The second-order valence-electron chi connectivity index (χ2n) is 6.50. The number of aliphatic hydroxyl groups is 1. The van der Waals surface area contributed by atoms with Crippen LogP contribution >= 0.6 is 0 Å². The number of fused-ring (bicyclic) bond motifs is 1. The predicted molar refractivity (Wildman–Crippen MR) is 102 cm³/mol. The average Bonchev–Trinajstić information content (AvgIpc) is 2.67. The summed E-state index contributed by atoms with van der Waals surface area (Å²) in [4.78, 5) is 14.7. The molecule has 0 bridgehead atoms. The van der Waals surface area contributed by atoms with Crippen LogP contribution in [0.1, 0.15) is 28.4 Å². The number of anilines is 1. The van der Waals surface area contributed by atoms with Crippen LogP contribution < -0.4 is 9.64 Å². The Labute approximate surface area is 158 Å². The molecule has 0 radical (unpaired) electrons. The van der Waals surface area contributed by atoms with E-state index in [1.807, 2.05) is 0 Å². The lowest BCUT2D eigenvalue weighted by Gasteiger charge is -2.32. The number of amides is 1. The third-order valence-electron chi connectivity index (χ3n) is 4.64. The smallest absolute Gasteiger partial charge is 0.258 e. The lowest BCUT2D eigenvalue weighted by Crippen LogP contribution is -2.36. The molecule has 1 N–H and O–H groups in total. The van der Waals surface area contributed by atoms with Crippen molar-refractivity contribution < 1.29 is 23.1 Å². The number of aliphatic hydroxyl groups excluding tert-OH is 1. The second-order valence-corrected chi connectivity index (χ2v) is 8.65. The molecule has 1 aliphatic heterocycles. The van der Waals surface area contributed by atoms with E-state index in [1.165, 1.54) is 38.4 Å². The van der Waals surface area contributed by atoms with Crippen molar-refractivity contribution in [3.8, 4) is 5.75 Å². The van der Waals surface area contributed by atoms with Crippen molar-refractivity contribution in [2.45, 2.75) is 17.4 Å². The zero-order valence-electron chi connectivity index (χ0n) is 15.4. The van der Waals surface area contributed by atoms with E-state index in [9.17, 15) is 18.3 Å². The first-order valence-electron chi connectivity index (χ1n) is 8.46. The van der Waals surface area contributed by atoms with Crippen molar-refractivity contribution in [3.63, 3.8) is 0 Å². The molecule has 7 nitrogen and oxygen atoms in total. The monoisotopic (exact) mass is 390 g/mol. The van der Waals surface area contributed by atoms with Crippen LogP contribution in [0.3, 0.4) is 0 Å². The van der Waals surface area contributed by atoms with Gasteiger partial charge in [0.05, 0.1) is 23.8 Å². The van der Waals surface area contributed by atoms with Crippen LogP contribution in [0.5, 0.6) is 5.75 Å². The van der Waals surface area contributed by atoms with Gasteiger partial charge in [0, 0.05) is 31.8 Å². The number of benzene rings is 2. The second kappa shape index (κ2) is 7.30. The largest absolute Gasteiger partial charge is 0.497 e. The van der Waals surface area contributed by atoms with Gasteiger partial charge in [-0.2, -0.15) is 0 Å². The summed E-state index contributed by atoms with van der Waals surface area (Å²) < 4.78 is 30.7. The van der Waals surface area contributed by atoms with Crippen LogP contribution in [-0.2, 0) is 10.0 Å². The van der Waals surface area contributed by atoms with Crippen molar-refractivity contribution in [2.75, 3.05) is 32.6 Å². The molecule has 0 spiro atoms. The normalized spacial score (nSPS) is 16.9. The highest BCUT2D eigenvalue weighted by atomic mass is 32.2. The Balaban J connectivity index is 1.92. The van der Waals surface area contributed by atoms with Gasteiger partial charge in [0.1, 0.15) is 5.75 Å². The fourth-order valence-electron chi connectivity index (χ4n) is 3.05. The molecule has 0 aromatic heterocycles. The summed E-state index contributed by atoms with van der Waals surface area (Å²) in [7, 11) is 0.912. The molecule has 27 heavy (non-hydrogen) atoms. The number of hydrogen-bond donors (Lipinski definition) is 1. The van der Waals surface area contributed by atoms with Gasteiger partial charge in [0.15, 0.2) is 0 Å². The van der Waals surface area contributed by atoms with Gasteiger partial charge in [-0.05, 0) is 48.9 Å². The van der Waals surface area contributed by atoms with Crippen LogP contribution in [0.15, 0.2) is 47.4 Å².